The number of hydrogen-bond acceptors (Lipinski definition) is 6. The first-order valence-electron chi connectivity index (χ1n) is 7.42. The number of hydrogen-bond donors (Lipinski definition) is 1. The Morgan fingerprint density at radius 1 is 1.29 bits per heavy atom. The van der Waals surface area contributed by atoms with Gasteiger partial charge < -0.3 is 9.84 Å². The van der Waals surface area contributed by atoms with Crippen molar-refractivity contribution in [3.05, 3.63) is 47.5 Å². The molecule has 0 bridgehead atoms. The molecule has 3 aromatic rings. The monoisotopic (exact) mass is 348 g/mol. The normalized spacial score (nSPS) is 12.5. The lowest BCUT2D eigenvalue weighted by atomic mass is 10.3. The molecule has 0 unspecified atom stereocenters. The molecule has 0 aliphatic heterocycles. The molecule has 126 valence electrons. The maximum Gasteiger partial charge on any atom is 0.253 e. The van der Waals surface area contributed by atoms with E-state index in [0.29, 0.717) is 16.7 Å². The van der Waals surface area contributed by atoms with Crippen molar-refractivity contribution in [1.29, 1.82) is 0 Å². The van der Waals surface area contributed by atoms with Gasteiger partial charge in [0.2, 0.25) is 5.16 Å². The first-order chi connectivity index (χ1) is 11.5. The molecule has 0 amide bonds. The zero-order chi connectivity index (χ0) is 17.1. The highest BCUT2D eigenvalue weighted by molar-refractivity contribution is 7.99. The minimum atomic E-state index is -0.767. The van der Waals surface area contributed by atoms with Crippen LogP contribution in [-0.4, -0.2) is 43.2 Å². The highest BCUT2D eigenvalue weighted by atomic mass is 32.2. The number of rotatable bonds is 6. The second-order valence-corrected chi connectivity index (χ2v) is 6.34. The van der Waals surface area contributed by atoms with Gasteiger partial charge in [0, 0.05) is 17.1 Å². The molecule has 24 heavy (non-hydrogen) atoms. The molecule has 1 aromatic carbocycles. The second-order valence-electron chi connectivity index (χ2n) is 5.35. The molecule has 1 atom stereocenters. The van der Waals surface area contributed by atoms with Crippen molar-refractivity contribution in [1.82, 2.24) is 19.6 Å². The van der Waals surface area contributed by atoms with Crippen LogP contribution in [0.5, 0.6) is 5.75 Å². The van der Waals surface area contributed by atoms with Crippen LogP contribution < -0.4 is 4.74 Å². The third kappa shape index (κ3) is 3.82. The number of aliphatic hydroxyl groups is 1. The van der Waals surface area contributed by atoms with Crippen LogP contribution in [0.15, 0.2) is 35.5 Å². The molecule has 0 saturated heterocycles. The number of halogens is 1. The van der Waals surface area contributed by atoms with Gasteiger partial charge in [-0.25, -0.2) is 13.9 Å². The summed E-state index contributed by atoms with van der Waals surface area (Å²) >= 11 is 1.30. The number of thioether (sulfide) groups is 1. The number of aromatic nitrogens is 4. The summed E-state index contributed by atoms with van der Waals surface area (Å²) in [4.78, 5) is 8.65. The summed E-state index contributed by atoms with van der Waals surface area (Å²) in [5.74, 6) is 0.551. The van der Waals surface area contributed by atoms with E-state index in [9.17, 15) is 9.50 Å². The van der Waals surface area contributed by atoms with Gasteiger partial charge in [0.1, 0.15) is 6.61 Å². The van der Waals surface area contributed by atoms with E-state index in [1.807, 2.05) is 19.9 Å². The van der Waals surface area contributed by atoms with Gasteiger partial charge >= 0.3 is 0 Å². The largest absolute Gasteiger partial charge is 0.488 e. The van der Waals surface area contributed by atoms with Gasteiger partial charge in [-0.2, -0.15) is 4.98 Å². The molecule has 2 aromatic heterocycles. The Bertz CT molecular complexity index is 855. The summed E-state index contributed by atoms with van der Waals surface area (Å²) < 4.78 is 20.4. The number of aliphatic hydroxyl groups excluding tert-OH is 1. The Hall–Kier alpha value is -2.19. The van der Waals surface area contributed by atoms with Crippen molar-refractivity contribution in [2.24, 2.45) is 0 Å². The van der Waals surface area contributed by atoms with Crippen molar-refractivity contribution in [3.63, 3.8) is 0 Å². The van der Waals surface area contributed by atoms with Gasteiger partial charge in [-0.3, -0.25) is 0 Å². The topological polar surface area (TPSA) is 72.5 Å². The van der Waals surface area contributed by atoms with Crippen LogP contribution in [0, 0.1) is 19.7 Å². The fourth-order valence-corrected chi connectivity index (χ4v) is 2.90. The fourth-order valence-electron chi connectivity index (χ4n) is 2.18. The van der Waals surface area contributed by atoms with E-state index in [1.165, 1.54) is 23.9 Å². The molecule has 0 aliphatic rings. The SMILES string of the molecule is Cc1cc(C)n2nc(SC[C@@H](O)COc3ccccc3F)nc2n1. The molecule has 0 spiro atoms. The fraction of sp³-hybridized carbons (Fsp3) is 0.312. The minimum Gasteiger partial charge on any atom is -0.488 e. The standard InChI is InChI=1S/C16H17FN4O2S/c1-10-7-11(2)21-15(18-10)19-16(20-21)24-9-12(22)8-23-14-6-4-3-5-13(14)17/h3-7,12,22H,8-9H2,1-2H3/t12-/m0/s1. The number of ether oxygens (including phenoxy) is 1. The maximum absolute atomic E-state index is 13.4. The summed E-state index contributed by atoms with van der Waals surface area (Å²) in [6, 6.07) is 8.02. The summed E-state index contributed by atoms with van der Waals surface area (Å²) in [6.45, 7) is 3.83. The van der Waals surface area contributed by atoms with Crippen LogP contribution >= 0.6 is 11.8 Å². The Morgan fingerprint density at radius 3 is 2.88 bits per heavy atom. The summed E-state index contributed by atoms with van der Waals surface area (Å²) in [7, 11) is 0. The second kappa shape index (κ2) is 7.14. The lowest BCUT2D eigenvalue weighted by molar-refractivity contribution is 0.123. The summed E-state index contributed by atoms with van der Waals surface area (Å²) in [5.41, 5.74) is 1.82. The predicted octanol–water partition coefficient (Wildman–Crippen LogP) is 2.41. The van der Waals surface area contributed by atoms with Crippen LogP contribution in [0.1, 0.15) is 11.4 Å². The highest BCUT2D eigenvalue weighted by Gasteiger charge is 2.12. The molecule has 0 saturated carbocycles. The summed E-state index contributed by atoms with van der Waals surface area (Å²) in [6.07, 6.45) is -0.767. The average molecular weight is 348 g/mol. The van der Waals surface area contributed by atoms with Crippen LogP contribution in [0.2, 0.25) is 0 Å². The Labute approximate surface area is 142 Å². The van der Waals surface area contributed by atoms with E-state index in [2.05, 4.69) is 15.1 Å². The summed E-state index contributed by atoms with van der Waals surface area (Å²) in [5, 5.41) is 14.9. The highest BCUT2D eigenvalue weighted by Crippen LogP contribution is 2.18. The van der Waals surface area contributed by atoms with Crippen molar-refractivity contribution in [2.75, 3.05) is 12.4 Å². The van der Waals surface area contributed by atoms with E-state index < -0.39 is 11.9 Å². The van der Waals surface area contributed by atoms with Crippen molar-refractivity contribution in [3.8, 4) is 5.75 Å². The first kappa shape index (κ1) is 16.7. The first-order valence-corrected chi connectivity index (χ1v) is 8.40. The van der Waals surface area contributed by atoms with E-state index in [-0.39, 0.29) is 12.4 Å². The number of fused-ring (bicyclic) bond motifs is 1. The minimum absolute atomic E-state index is 0.00229. The van der Waals surface area contributed by atoms with Gasteiger partial charge in [-0.1, -0.05) is 23.9 Å². The molecule has 0 aliphatic carbocycles. The lowest BCUT2D eigenvalue weighted by Gasteiger charge is -2.11. The van der Waals surface area contributed by atoms with Crippen LogP contribution in [0.4, 0.5) is 4.39 Å². The van der Waals surface area contributed by atoms with E-state index >= 15 is 0 Å². The Balaban J connectivity index is 1.57. The molecule has 8 heteroatoms. The molecular weight excluding hydrogens is 331 g/mol. The third-order valence-electron chi connectivity index (χ3n) is 3.27. The van der Waals surface area contributed by atoms with Gasteiger partial charge in [0.05, 0.1) is 6.10 Å². The smallest absolute Gasteiger partial charge is 0.253 e. The van der Waals surface area contributed by atoms with Crippen LogP contribution in [0.3, 0.4) is 0 Å². The van der Waals surface area contributed by atoms with E-state index in [4.69, 9.17) is 4.74 Å². The van der Waals surface area contributed by atoms with Gasteiger partial charge in [0.25, 0.3) is 5.78 Å². The van der Waals surface area contributed by atoms with Crippen molar-refractivity contribution >= 4 is 17.5 Å². The number of para-hydroxylation sites is 1. The predicted molar refractivity (Wildman–Crippen MR) is 88.9 cm³/mol. The molecule has 0 fully saturated rings. The van der Waals surface area contributed by atoms with Crippen LogP contribution in [0.25, 0.3) is 5.78 Å². The molecule has 2 heterocycles. The molecular formula is C16H17FN4O2S. The third-order valence-corrected chi connectivity index (χ3v) is 4.25. The molecule has 0 radical (unpaired) electrons. The van der Waals surface area contributed by atoms with E-state index in [0.717, 1.165) is 11.4 Å². The number of benzene rings is 1. The quantitative estimate of drug-likeness (QED) is 0.690. The maximum atomic E-state index is 13.4. The zero-order valence-corrected chi connectivity index (χ0v) is 14.1. The van der Waals surface area contributed by atoms with E-state index in [1.54, 1.807) is 16.6 Å². The van der Waals surface area contributed by atoms with Gasteiger partial charge in [-0.15, -0.1) is 5.10 Å². The molecule has 3 rings (SSSR count). The van der Waals surface area contributed by atoms with Gasteiger partial charge in [0.15, 0.2) is 11.6 Å². The van der Waals surface area contributed by atoms with Crippen LogP contribution in [-0.2, 0) is 0 Å². The molecule has 1 N–H and O–H groups in total. The average Bonchev–Trinajstić information content (AvgIpc) is 2.95. The Kier molecular flexibility index (Phi) is 4.96. The number of nitrogens with zero attached hydrogens (tertiary/aromatic N) is 4. The zero-order valence-electron chi connectivity index (χ0n) is 13.3. The van der Waals surface area contributed by atoms with Gasteiger partial charge in [-0.05, 0) is 32.0 Å². The number of aryl methyl sites for hydroxylation is 2. The van der Waals surface area contributed by atoms with Crippen molar-refractivity contribution < 1.29 is 14.2 Å². The Morgan fingerprint density at radius 2 is 2.08 bits per heavy atom. The lowest BCUT2D eigenvalue weighted by Crippen LogP contribution is -2.20. The van der Waals surface area contributed by atoms with Crippen molar-refractivity contribution in [2.45, 2.75) is 25.1 Å². The molecule has 6 nitrogen and oxygen atoms in total.